The van der Waals surface area contributed by atoms with E-state index in [2.05, 4.69) is 4.98 Å². The van der Waals surface area contributed by atoms with E-state index in [9.17, 15) is 8.42 Å². The normalized spacial score (nSPS) is 11.5. The van der Waals surface area contributed by atoms with Gasteiger partial charge in [0.15, 0.2) is 0 Å². The number of rotatable bonds is 5. The molecule has 0 saturated carbocycles. The van der Waals surface area contributed by atoms with Crippen LogP contribution in [0.5, 0.6) is 0 Å². The van der Waals surface area contributed by atoms with Gasteiger partial charge >= 0.3 is 0 Å². The fourth-order valence-electron chi connectivity index (χ4n) is 0.963. The van der Waals surface area contributed by atoms with Gasteiger partial charge in [-0.05, 0) is 12.1 Å². The molecule has 0 unspecified atom stereocenters. The number of anilines is 1. The lowest BCUT2D eigenvalue weighted by atomic mass is 10.3. The maximum absolute atomic E-state index is 10.8. The lowest BCUT2D eigenvalue weighted by Gasteiger charge is -2.01. The zero-order valence-corrected chi connectivity index (χ0v) is 10.1. The molecule has 15 heavy (non-hydrogen) atoms. The van der Waals surface area contributed by atoms with Crippen LogP contribution in [0.1, 0.15) is 5.69 Å². The van der Waals surface area contributed by atoms with Gasteiger partial charge in [-0.2, -0.15) is 11.8 Å². The van der Waals surface area contributed by atoms with Crippen molar-refractivity contribution in [1.82, 2.24) is 4.98 Å². The van der Waals surface area contributed by atoms with Gasteiger partial charge in [-0.1, -0.05) is 0 Å². The van der Waals surface area contributed by atoms with Gasteiger partial charge in [0.05, 0.1) is 11.4 Å². The molecule has 0 aliphatic carbocycles. The molecule has 0 aliphatic heterocycles. The second-order valence-corrected chi connectivity index (χ2v) is 6.63. The standard InChI is InChI=1S/C9H14N2O2S2/c1-15(12,13)5-4-14-7-9-6-8(10)2-3-11-9/h2-3,6H,4-5,7H2,1H3,(H2,10,11). The Morgan fingerprint density at radius 3 is 2.87 bits per heavy atom. The summed E-state index contributed by atoms with van der Waals surface area (Å²) in [6, 6.07) is 3.53. The fraction of sp³-hybridized carbons (Fsp3) is 0.444. The topological polar surface area (TPSA) is 73.0 Å². The van der Waals surface area contributed by atoms with Crippen molar-refractivity contribution >= 4 is 27.3 Å². The molecule has 0 spiro atoms. The first-order chi connectivity index (χ1) is 6.97. The monoisotopic (exact) mass is 246 g/mol. The van der Waals surface area contributed by atoms with E-state index >= 15 is 0 Å². The first kappa shape index (κ1) is 12.3. The van der Waals surface area contributed by atoms with Gasteiger partial charge in [0.1, 0.15) is 9.84 Å². The highest BCUT2D eigenvalue weighted by molar-refractivity contribution is 7.99. The molecule has 1 aromatic heterocycles. The zero-order valence-electron chi connectivity index (χ0n) is 8.51. The quantitative estimate of drug-likeness (QED) is 0.783. The second kappa shape index (κ2) is 5.37. The summed E-state index contributed by atoms with van der Waals surface area (Å²) in [7, 11) is -2.85. The highest BCUT2D eigenvalue weighted by atomic mass is 32.2. The Morgan fingerprint density at radius 2 is 2.27 bits per heavy atom. The average molecular weight is 246 g/mol. The van der Waals surface area contributed by atoms with Crippen molar-refractivity contribution in [3.63, 3.8) is 0 Å². The molecule has 2 N–H and O–H groups in total. The van der Waals surface area contributed by atoms with Crippen LogP contribution < -0.4 is 5.73 Å². The van der Waals surface area contributed by atoms with Crippen LogP contribution in [0.2, 0.25) is 0 Å². The summed E-state index contributed by atoms with van der Waals surface area (Å²) in [5.41, 5.74) is 7.15. The lowest BCUT2D eigenvalue weighted by molar-refractivity contribution is 0.603. The van der Waals surface area contributed by atoms with E-state index in [1.807, 2.05) is 0 Å². The Morgan fingerprint density at radius 1 is 1.53 bits per heavy atom. The number of aromatic nitrogens is 1. The maximum atomic E-state index is 10.8. The number of hydrogen-bond donors (Lipinski definition) is 1. The minimum Gasteiger partial charge on any atom is -0.399 e. The van der Waals surface area contributed by atoms with Gasteiger partial charge in [0, 0.05) is 29.6 Å². The molecule has 0 atom stereocenters. The molecule has 0 aromatic carbocycles. The van der Waals surface area contributed by atoms with Crippen LogP contribution >= 0.6 is 11.8 Å². The van der Waals surface area contributed by atoms with Crippen LogP contribution in [0.25, 0.3) is 0 Å². The predicted molar refractivity (Wildman–Crippen MR) is 64.5 cm³/mol. The summed E-state index contributed by atoms with van der Waals surface area (Å²) >= 11 is 1.54. The molecular weight excluding hydrogens is 232 g/mol. The SMILES string of the molecule is CS(=O)(=O)CCSCc1cc(N)ccn1. The van der Waals surface area contributed by atoms with Gasteiger partial charge in [0.2, 0.25) is 0 Å². The zero-order chi connectivity index (χ0) is 11.3. The Bertz CT molecular complexity index is 418. The highest BCUT2D eigenvalue weighted by Gasteiger charge is 2.02. The Kier molecular flexibility index (Phi) is 4.41. The molecule has 1 heterocycles. The van der Waals surface area contributed by atoms with Gasteiger partial charge in [-0.25, -0.2) is 8.42 Å². The van der Waals surface area contributed by atoms with Gasteiger partial charge in [-0.15, -0.1) is 0 Å². The summed E-state index contributed by atoms with van der Waals surface area (Å²) in [5, 5.41) is 0. The van der Waals surface area contributed by atoms with E-state index < -0.39 is 9.84 Å². The molecule has 4 nitrogen and oxygen atoms in total. The number of nitrogens with two attached hydrogens (primary N) is 1. The number of pyridine rings is 1. The second-order valence-electron chi connectivity index (χ2n) is 3.26. The molecule has 1 aromatic rings. The number of thioether (sulfide) groups is 1. The van der Waals surface area contributed by atoms with Crippen molar-refractivity contribution in [1.29, 1.82) is 0 Å². The summed E-state index contributed by atoms with van der Waals surface area (Å²) in [6.07, 6.45) is 2.90. The Labute approximate surface area is 94.2 Å². The van der Waals surface area contributed by atoms with E-state index in [-0.39, 0.29) is 5.75 Å². The van der Waals surface area contributed by atoms with Crippen LogP contribution in [-0.2, 0) is 15.6 Å². The largest absolute Gasteiger partial charge is 0.399 e. The van der Waals surface area contributed by atoms with Crippen molar-refractivity contribution in [3.05, 3.63) is 24.0 Å². The molecule has 0 fully saturated rings. The van der Waals surface area contributed by atoms with E-state index in [0.29, 0.717) is 17.2 Å². The first-order valence-corrected chi connectivity index (χ1v) is 7.65. The molecule has 0 radical (unpaired) electrons. The van der Waals surface area contributed by atoms with E-state index in [0.717, 1.165) is 5.69 Å². The lowest BCUT2D eigenvalue weighted by Crippen LogP contribution is -2.05. The average Bonchev–Trinajstić information content (AvgIpc) is 2.11. The summed E-state index contributed by atoms with van der Waals surface area (Å²) in [5.74, 6) is 1.50. The number of nitrogen functional groups attached to an aromatic ring is 1. The van der Waals surface area contributed by atoms with Gasteiger partial charge in [-0.3, -0.25) is 4.98 Å². The molecule has 0 bridgehead atoms. The molecule has 6 heteroatoms. The molecular formula is C9H14N2O2S2. The minimum atomic E-state index is -2.85. The molecule has 1 rings (SSSR count). The summed E-state index contributed by atoms with van der Waals surface area (Å²) in [6.45, 7) is 0. The van der Waals surface area contributed by atoms with Crippen LogP contribution in [0.15, 0.2) is 18.3 Å². The van der Waals surface area contributed by atoms with Crippen molar-refractivity contribution in [2.24, 2.45) is 0 Å². The fourth-order valence-corrected chi connectivity index (χ4v) is 3.16. The molecule has 84 valence electrons. The number of hydrogen-bond acceptors (Lipinski definition) is 5. The predicted octanol–water partition coefficient (Wildman–Crippen LogP) is 0.942. The van der Waals surface area contributed by atoms with Gasteiger partial charge in [0.25, 0.3) is 0 Å². The number of nitrogens with zero attached hydrogens (tertiary/aromatic N) is 1. The number of sulfone groups is 1. The third kappa shape index (κ3) is 5.64. The highest BCUT2D eigenvalue weighted by Crippen LogP contribution is 2.12. The van der Waals surface area contributed by atoms with Crippen LogP contribution in [-0.4, -0.2) is 31.2 Å². The van der Waals surface area contributed by atoms with E-state index in [4.69, 9.17) is 5.73 Å². The van der Waals surface area contributed by atoms with E-state index in [1.165, 1.54) is 6.26 Å². The summed E-state index contributed by atoms with van der Waals surface area (Å²) in [4.78, 5) is 4.12. The first-order valence-electron chi connectivity index (χ1n) is 4.43. The Hall–Kier alpha value is -0.750. The van der Waals surface area contributed by atoms with Crippen LogP contribution in [0, 0.1) is 0 Å². The van der Waals surface area contributed by atoms with Crippen molar-refractivity contribution in [2.75, 3.05) is 23.5 Å². The van der Waals surface area contributed by atoms with E-state index in [1.54, 1.807) is 30.1 Å². The molecule has 0 saturated heterocycles. The Balaban J connectivity index is 2.32. The van der Waals surface area contributed by atoms with Crippen molar-refractivity contribution in [3.8, 4) is 0 Å². The third-order valence-corrected chi connectivity index (χ3v) is 3.89. The third-order valence-electron chi connectivity index (χ3n) is 1.69. The van der Waals surface area contributed by atoms with Crippen LogP contribution in [0.3, 0.4) is 0 Å². The van der Waals surface area contributed by atoms with Crippen molar-refractivity contribution in [2.45, 2.75) is 5.75 Å². The van der Waals surface area contributed by atoms with Gasteiger partial charge < -0.3 is 5.73 Å². The molecule has 0 aliphatic rings. The smallest absolute Gasteiger partial charge is 0.148 e. The maximum Gasteiger partial charge on any atom is 0.148 e. The van der Waals surface area contributed by atoms with Crippen molar-refractivity contribution < 1.29 is 8.42 Å². The molecule has 0 amide bonds. The minimum absolute atomic E-state index is 0.208. The van der Waals surface area contributed by atoms with Crippen LogP contribution in [0.4, 0.5) is 5.69 Å². The summed E-state index contributed by atoms with van der Waals surface area (Å²) < 4.78 is 21.7.